The Morgan fingerprint density at radius 1 is 1.59 bits per heavy atom. The van der Waals surface area contributed by atoms with Crippen LogP contribution in [0.25, 0.3) is 0 Å². The fraction of sp³-hybridized carbons (Fsp3) is 0.333. The Bertz CT molecular complexity index is 386. The molecule has 0 saturated carbocycles. The Balaban J connectivity index is 2.68. The molecule has 1 amide bonds. The molecule has 0 unspecified atom stereocenters. The summed E-state index contributed by atoms with van der Waals surface area (Å²) in [6.45, 7) is 5.91. The van der Waals surface area contributed by atoms with Crippen LogP contribution in [0.1, 0.15) is 16.6 Å². The monoisotopic (exact) mass is 253 g/mol. The van der Waals surface area contributed by atoms with Gasteiger partial charge in [0, 0.05) is 6.54 Å². The molecule has 1 aromatic rings. The van der Waals surface area contributed by atoms with Crippen molar-refractivity contribution in [3.8, 4) is 0 Å². The molecular weight excluding hydrogens is 238 g/mol. The van der Waals surface area contributed by atoms with Crippen LogP contribution in [-0.2, 0) is 9.53 Å². The molecule has 0 spiro atoms. The highest BCUT2D eigenvalue weighted by Gasteiger charge is 2.18. The van der Waals surface area contributed by atoms with Gasteiger partial charge in [0.25, 0.3) is 5.91 Å². The van der Waals surface area contributed by atoms with Crippen LogP contribution in [0.15, 0.2) is 30.2 Å². The molecule has 0 fully saturated rings. The van der Waals surface area contributed by atoms with Gasteiger partial charge in [-0.05, 0) is 18.4 Å². The molecule has 1 rings (SSSR count). The highest BCUT2D eigenvalue weighted by atomic mass is 32.1. The van der Waals surface area contributed by atoms with Crippen LogP contribution in [0.2, 0.25) is 0 Å². The van der Waals surface area contributed by atoms with Crippen LogP contribution < -0.4 is 0 Å². The number of carbonyl (C=O) groups is 2. The Labute approximate surface area is 104 Å². The van der Waals surface area contributed by atoms with E-state index in [0.717, 1.165) is 0 Å². The molecule has 0 aliphatic rings. The molecule has 0 aliphatic carbocycles. The fourth-order valence-electron chi connectivity index (χ4n) is 1.29. The first-order chi connectivity index (χ1) is 8.19. The lowest BCUT2D eigenvalue weighted by Gasteiger charge is -2.19. The lowest BCUT2D eigenvalue weighted by Crippen LogP contribution is -2.36. The molecule has 4 nitrogen and oxygen atoms in total. The topological polar surface area (TPSA) is 46.6 Å². The molecule has 92 valence electrons. The number of ether oxygens (including phenoxy) is 1. The number of esters is 1. The van der Waals surface area contributed by atoms with E-state index in [0.29, 0.717) is 18.0 Å². The van der Waals surface area contributed by atoms with Crippen LogP contribution in [0.3, 0.4) is 0 Å². The summed E-state index contributed by atoms with van der Waals surface area (Å²) in [5.41, 5.74) is 0. The molecule has 0 bridgehead atoms. The van der Waals surface area contributed by atoms with Gasteiger partial charge < -0.3 is 9.64 Å². The van der Waals surface area contributed by atoms with Crippen molar-refractivity contribution in [2.75, 3.05) is 19.7 Å². The molecule has 1 heterocycles. The maximum Gasteiger partial charge on any atom is 0.325 e. The van der Waals surface area contributed by atoms with Crippen molar-refractivity contribution < 1.29 is 14.3 Å². The Morgan fingerprint density at radius 3 is 2.88 bits per heavy atom. The zero-order valence-electron chi connectivity index (χ0n) is 9.72. The molecule has 0 aliphatic heterocycles. The van der Waals surface area contributed by atoms with E-state index in [-0.39, 0.29) is 12.5 Å². The molecule has 5 heteroatoms. The number of hydrogen-bond acceptors (Lipinski definition) is 4. The van der Waals surface area contributed by atoms with Gasteiger partial charge in [0.05, 0.1) is 11.5 Å². The summed E-state index contributed by atoms with van der Waals surface area (Å²) in [6, 6.07) is 3.53. The SMILES string of the molecule is C=CCN(CC(=O)OCC)C(=O)c1cccs1. The number of hydrogen-bond donors (Lipinski definition) is 0. The molecule has 17 heavy (non-hydrogen) atoms. The van der Waals surface area contributed by atoms with E-state index in [1.807, 2.05) is 5.38 Å². The lowest BCUT2D eigenvalue weighted by molar-refractivity contribution is -0.143. The maximum absolute atomic E-state index is 12.0. The van der Waals surface area contributed by atoms with E-state index < -0.39 is 5.97 Å². The zero-order chi connectivity index (χ0) is 12.7. The minimum Gasteiger partial charge on any atom is -0.465 e. The molecule has 0 N–H and O–H groups in total. The standard InChI is InChI=1S/C12H15NO3S/c1-3-7-13(9-11(14)16-4-2)12(15)10-6-5-8-17-10/h3,5-6,8H,1,4,7,9H2,2H3. The summed E-state index contributed by atoms with van der Waals surface area (Å²) in [5.74, 6) is -0.577. The lowest BCUT2D eigenvalue weighted by atomic mass is 10.3. The second-order valence-corrected chi connectivity index (χ2v) is 4.20. The van der Waals surface area contributed by atoms with Gasteiger partial charge in [-0.15, -0.1) is 17.9 Å². The van der Waals surface area contributed by atoms with Crippen molar-refractivity contribution in [2.45, 2.75) is 6.92 Å². The first-order valence-electron chi connectivity index (χ1n) is 5.28. The second kappa shape index (κ2) is 6.85. The minimum atomic E-state index is -0.403. The van der Waals surface area contributed by atoms with E-state index in [9.17, 15) is 9.59 Å². The smallest absolute Gasteiger partial charge is 0.325 e. The van der Waals surface area contributed by atoms with Gasteiger partial charge in [-0.3, -0.25) is 9.59 Å². The predicted octanol–water partition coefficient (Wildman–Crippen LogP) is 1.94. The van der Waals surface area contributed by atoms with Gasteiger partial charge in [0.1, 0.15) is 6.54 Å². The molecule has 0 saturated heterocycles. The first-order valence-corrected chi connectivity index (χ1v) is 6.16. The van der Waals surface area contributed by atoms with Crippen molar-refractivity contribution in [3.05, 3.63) is 35.0 Å². The van der Waals surface area contributed by atoms with Crippen LogP contribution in [0, 0.1) is 0 Å². The number of nitrogens with zero attached hydrogens (tertiary/aromatic N) is 1. The van der Waals surface area contributed by atoms with Gasteiger partial charge in [-0.25, -0.2) is 0 Å². The van der Waals surface area contributed by atoms with Crippen molar-refractivity contribution in [3.63, 3.8) is 0 Å². The van der Waals surface area contributed by atoms with Gasteiger partial charge in [-0.2, -0.15) is 0 Å². The number of rotatable bonds is 6. The zero-order valence-corrected chi connectivity index (χ0v) is 10.5. The summed E-state index contributed by atoms with van der Waals surface area (Å²) in [6.07, 6.45) is 1.59. The number of thiophene rings is 1. The first kappa shape index (κ1) is 13.4. The van der Waals surface area contributed by atoms with Crippen molar-refractivity contribution in [1.29, 1.82) is 0 Å². The average molecular weight is 253 g/mol. The minimum absolute atomic E-state index is 0.0450. The molecule has 0 aromatic carbocycles. The summed E-state index contributed by atoms with van der Waals surface area (Å²) in [5, 5.41) is 1.82. The van der Waals surface area contributed by atoms with Crippen LogP contribution in [-0.4, -0.2) is 36.5 Å². The maximum atomic E-state index is 12.0. The van der Waals surface area contributed by atoms with E-state index in [1.165, 1.54) is 16.2 Å². The van der Waals surface area contributed by atoms with Crippen molar-refractivity contribution in [1.82, 2.24) is 4.90 Å². The third-order valence-corrected chi connectivity index (χ3v) is 2.85. The van der Waals surface area contributed by atoms with Gasteiger partial charge in [0.2, 0.25) is 0 Å². The van der Waals surface area contributed by atoms with Crippen molar-refractivity contribution >= 4 is 23.2 Å². The van der Waals surface area contributed by atoms with E-state index in [1.54, 1.807) is 25.1 Å². The molecule has 0 atom stereocenters. The number of carbonyl (C=O) groups excluding carboxylic acids is 2. The summed E-state index contributed by atoms with van der Waals surface area (Å²) < 4.78 is 4.82. The third-order valence-electron chi connectivity index (χ3n) is 1.99. The molecule has 1 aromatic heterocycles. The highest BCUT2D eigenvalue weighted by molar-refractivity contribution is 7.12. The van der Waals surface area contributed by atoms with Gasteiger partial charge in [-0.1, -0.05) is 12.1 Å². The fourth-order valence-corrected chi connectivity index (χ4v) is 1.98. The Kier molecular flexibility index (Phi) is 5.42. The number of amides is 1. The third kappa shape index (κ3) is 4.03. The van der Waals surface area contributed by atoms with Crippen LogP contribution in [0.4, 0.5) is 0 Å². The molecular formula is C12H15NO3S. The van der Waals surface area contributed by atoms with E-state index in [2.05, 4.69) is 6.58 Å². The largest absolute Gasteiger partial charge is 0.465 e. The average Bonchev–Trinajstić information content (AvgIpc) is 2.81. The van der Waals surface area contributed by atoms with Crippen LogP contribution >= 0.6 is 11.3 Å². The van der Waals surface area contributed by atoms with Crippen molar-refractivity contribution in [2.24, 2.45) is 0 Å². The van der Waals surface area contributed by atoms with E-state index >= 15 is 0 Å². The van der Waals surface area contributed by atoms with E-state index in [4.69, 9.17) is 4.74 Å². The second-order valence-electron chi connectivity index (χ2n) is 3.26. The Hall–Kier alpha value is -1.62. The predicted molar refractivity (Wildman–Crippen MR) is 67.1 cm³/mol. The Morgan fingerprint density at radius 2 is 2.35 bits per heavy atom. The summed E-state index contributed by atoms with van der Waals surface area (Å²) in [4.78, 5) is 25.4. The quantitative estimate of drug-likeness (QED) is 0.575. The molecule has 0 radical (unpaired) electrons. The van der Waals surface area contributed by atoms with Crippen LogP contribution in [0.5, 0.6) is 0 Å². The van der Waals surface area contributed by atoms with Gasteiger partial charge >= 0.3 is 5.97 Å². The normalized spacial score (nSPS) is 9.71. The highest BCUT2D eigenvalue weighted by Crippen LogP contribution is 2.12. The summed E-state index contributed by atoms with van der Waals surface area (Å²) >= 11 is 1.35. The van der Waals surface area contributed by atoms with Gasteiger partial charge in [0.15, 0.2) is 0 Å². The summed E-state index contributed by atoms with van der Waals surface area (Å²) in [7, 11) is 0.